The second-order valence-corrected chi connectivity index (χ2v) is 9.21. The minimum Gasteiger partial charge on any atom is -0.497 e. The summed E-state index contributed by atoms with van der Waals surface area (Å²) >= 11 is 6.21. The molecule has 3 rings (SSSR count). The first-order valence-corrected chi connectivity index (χ1v) is 11.3. The average Bonchev–Trinajstić information content (AvgIpc) is 2.75. The van der Waals surface area contributed by atoms with Crippen LogP contribution in [0.15, 0.2) is 47.4 Å². The number of nitrogens with zero attached hydrogens (tertiary/aromatic N) is 1. The Bertz CT molecular complexity index is 971. The van der Waals surface area contributed by atoms with Gasteiger partial charge in [0.1, 0.15) is 12.4 Å². The zero-order valence-corrected chi connectivity index (χ0v) is 17.8. The molecule has 1 saturated heterocycles. The second-order valence-electron chi connectivity index (χ2n) is 6.87. The van der Waals surface area contributed by atoms with Crippen molar-refractivity contribution in [2.75, 3.05) is 26.8 Å². The van der Waals surface area contributed by atoms with Crippen LogP contribution in [0.25, 0.3) is 0 Å². The zero-order chi connectivity index (χ0) is 20.9. The van der Waals surface area contributed by atoms with Crippen LogP contribution in [0.2, 0.25) is 5.02 Å². The predicted molar refractivity (Wildman–Crippen MR) is 111 cm³/mol. The highest BCUT2D eigenvalue weighted by molar-refractivity contribution is 7.89. The number of carbonyl (C=O) groups is 1. The third-order valence-electron chi connectivity index (χ3n) is 4.85. The molecule has 0 radical (unpaired) electrons. The summed E-state index contributed by atoms with van der Waals surface area (Å²) in [7, 11) is -2.02. The minimum atomic E-state index is -3.56. The van der Waals surface area contributed by atoms with Crippen LogP contribution < -0.4 is 4.74 Å². The molecule has 8 heteroatoms. The number of carbonyl (C=O) groups excluding carboxylic acids is 1. The first kappa shape index (κ1) is 21.8. The Morgan fingerprint density at radius 1 is 1.10 bits per heavy atom. The van der Waals surface area contributed by atoms with E-state index in [1.807, 2.05) is 0 Å². The Labute approximate surface area is 176 Å². The van der Waals surface area contributed by atoms with Crippen LogP contribution in [-0.2, 0) is 21.4 Å². The Kier molecular flexibility index (Phi) is 7.29. The molecule has 0 spiro atoms. The summed E-state index contributed by atoms with van der Waals surface area (Å²) in [6.07, 6.45) is 2.79. The SMILES string of the molecule is COc1cccc(C(=O)COCc2cc(S(=O)(=O)N3CCCCC3)ccc2Cl)c1. The predicted octanol–water partition coefficient (Wildman–Crippen LogP) is 3.92. The van der Waals surface area contributed by atoms with E-state index < -0.39 is 10.0 Å². The molecule has 0 atom stereocenters. The van der Waals surface area contributed by atoms with Gasteiger partial charge < -0.3 is 9.47 Å². The van der Waals surface area contributed by atoms with Crippen molar-refractivity contribution in [2.45, 2.75) is 30.8 Å². The highest BCUT2D eigenvalue weighted by Gasteiger charge is 2.26. The van der Waals surface area contributed by atoms with Crippen LogP contribution >= 0.6 is 11.6 Å². The molecule has 29 heavy (non-hydrogen) atoms. The summed E-state index contributed by atoms with van der Waals surface area (Å²) in [6.45, 7) is 0.960. The summed E-state index contributed by atoms with van der Waals surface area (Å²) in [5.41, 5.74) is 1.01. The Hall–Kier alpha value is -1.93. The van der Waals surface area contributed by atoms with E-state index in [4.69, 9.17) is 21.1 Å². The van der Waals surface area contributed by atoms with Crippen LogP contribution in [0.3, 0.4) is 0 Å². The molecule has 1 aliphatic rings. The summed E-state index contributed by atoms with van der Waals surface area (Å²) in [6, 6.07) is 11.4. The van der Waals surface area contributed by atoms with E-state index in [1.165, 1.54) is 23.5 Å². The summed E-state index contributed by atoms with van der Waals surface area (Å²) in [5, 5.41) is 0.399. The fourth-order valence-corrected chi connectivity index (χ4v) is 4.95. The zero-order valence-electron chi connectivity index (χ0n) is 16.3. The van der Waals surface area contributed by atoms with Gasteiger partial charge in [-0.2, -0.15) is 4.31 Å². The highest BCUT2D eigenvalue weighted by atomic mass is 35.5. The maximum atomic E-state index is 12.9. The van der Waals surface area contributed by atoms with Crippen LogP contribution in [0.5, 0.6) is 5.75 Å². The minimum absolute atomic E-state index is 0.0396. The average molecular weight is 438 g/mol. The molecule has 0 aliphatic carbocycles. The van der Waals surface area contributed by atoms with Crippen molar-refractivity contribution in [1.29, 1.82) is 0 Å². The van der Waals surface area contributed by atoms with E-state index >= 15 is 0 Å². The smallest absolute Gasteiger partial charge is 0.243 e. The van der Waals surface area contributed by atoms with Gasteiger partial charge in [0.15, 0.2) is 5.78 Å². The number of piperidine rings is 1. The molecule has 0 bridgehead atoms. The lowest BCUT2D eigenvalue weighted by Crippen LogP contribution is -2.35. The van der Waals surface area contributed by atoms with Gasteiger partial charge in [0.05, 0.1) is 18.6 Å². The third-order valence-corrected chi connectivity index (χ3v) is 7.12. The normalized spacial score (nSPS) is 15.2. The lowest BCUT2D eigenvalue weighted by atomic mass is 10.1. The summed E-state index contributed by atoms with van der Waals surface area (Å²) in [5.74, 6) is 0.395. The molecule has 2 aromatic carbocycles. The van der Waals surface area contributed by atoms with Crippen LogP contribution in [0.1, 0.15) is 35.2 Å². The van der Waals surface area contributed by atoms with E-state index in [0.717, 1.165) is 19.3 Å². The molecule has 2 aromatic rings. The second kappa shape index (κ2) is 9.71. The number of rotatable bonds is 8. The number of ketones is 1. The largest absolute Gasteiger partial charge is 0.497 e. The molecule has 1 aliphatic heterocycles. The number of methoxy groups -OCH3 is 1. The van der Waals surface area contributed by atoms with Gasteiger partial charge in [-0.05, 0) is 48.7 Å². The quantitative estimate of drug-likeness (QED) is 0.585. The van der Waals surface area contributed by atoms with Crippen molar-refractivity contribution in [3.8, 4) is 5.75 Å². The molecule has 156 valence electrons. The van der Waals surface area contributed by atoms with Crippen LogP contribution in [0, 0.1) is 0 Å². The third kappa shape index (κ3) is 5.36. The van der Waals surface area contributed by atoms with E-state index in [1.54, 1.807) is 30.3 Å². The number of hydrogen-bond donors (Lipinski definition) is 0. The van der Waals surface area contributed by atoms with E-state index in [0.29, 0.717) is 35.0 Å². The van der Waals surface area contributed by atoms with Crippen molar-refractivity contribution in [1.82, 2.24) is 4.31 Å². The molecule has 6 nitrogen and oxygen atoms in total. The molecule has 0 amide bonds. The van der Waals surface area contributed by atoms with Gasteiger partial charge in [-0.3, -0.25) is 4.79 Å². The summed E-state index contributed by atoms with van der Waals surface area (Å²) < 4.78 is 37.9. The first-order chi connectivity index (χ1) is 13.9. The molecular formula is C21H24ClNO5S. The number of benzene rings is 2. The number of halogens is 1. The van der Waals surface area contributed by atoms with Gasteiger partial charge in [-0.15, -0.1) is 0 Å². The van der Waals surface area contributed by atoms with Gasteiger partial charge in [0.2, 0.25) is 10.0 Å². The number of hydrogen-bond acceptors (Lipinski definition) is 5. The van der Waals surface area contributed by atoms with Gasteiger partial charge in [0.25, 0.3) is 0 Å². The van der Waals surface area contributed by atoms with Gasteiger partial charge >= 0.3 is 0 Å². The van der Waals surface area contributed by atoms with Crippen molar-refractivity contribution in [3.63, 3.8) is 0 Å². The van der Waals surface area contributed by atoms with E-state index in [2.05, 4.69) is 0 Å². The van der Waals surface area contributed by atoms with E-state index in [-0.39, 0.29) is 23.9 Å². The van der Waals surface area contributed by atoms with E-state index in [9.17, 15) is 13.2 Å². The maximum absolute atomic E-state index is 12.9. The van der Waals surface area contributed by atoms with Gasteiger partial charge in [-0.25, -0.2) is 8.42 Å². The van der Waals surface area contributed by atoms with Crippen molar-refractivity contribution in [2.24, 2.45) is 0 Å². The molecular weight excluding hydrogens is 414 g/mol. The van der Waals surface area contributed by atoms with Crippen molar-refractivity contribution < 1.29 is 22.7 Å². The summed E-state index contributed by atoms with van der Waals surface area (Å²) in [4.78, 5) is 12.5. The number of Topliss-reactive ketones (excluding diaryl/α,β-unsaturated/α-hetero) is 1. The Morgan fingerprint density at radius 3 is 2.59 bits per heavy atom. The first-order valence-electron chi connectivity index (χ1n) is 9.45. The van der Waals surface area contributed by atoms with Crippen molar-refractivity contribution >= 4 is 27.4 Å². The Morgan fingerprint density at radius 2 is 1.86 bits per heavy atom. The fourth-order valence-electron chi connectivity index (χ4n) is 3.21. The van der Waals surface area contributed by atoms with Crippen LogP contribution in [0.4, 0.5) is 0 Å². The monoisotopic (exact) mass is 437 g/mol. The number of sulfonamides is 1. The highest BCUT2D eigenvalue weighted by Crippen LogP contribution is 2.25. The van der Waals surface area contributed by atoms with Gasteiger partial charge in [-0.1, -0.05) is 30.2 Å². The molecule has 0 N–H and O–H groups in total. The van der Waals surface area contributed by atoms with Crippen molar-refractivity contribution in [3.05, 3.63) is 58.6 Å². The maximum Gasteiger partial charge on any atom is 0.243 e. The van der Waals surface area contributed by atoms with Crippen LogP contribution in [-0.4, -0.2) is 45.3 Å². The molecule has 0 unspecified atom stereocenters. The standard InChI is InChI=1S/C21H24ClNO5S/c1-27-18-7-5-6-16(12-18)21(24)15-28-14-17-13-19(8-9-20(17)22)29(25,26)23-10-3-2-4-11-23/h5-9,12-13H,2-4,10-11,14-15H2,1H3. The molecule has 0 saturated carbocycles. The molecule has 0 aromatic heterocycles. The molecule has 1 fully saturated rings. The topological polar surface area (TPSA) is 72.9 Å². The molecule has 1 heterocycles. The van der Waals surface area contributed by atoms with Gasteiger partial charge in [0, 0.05) is 23.7 Å². The lowest BCUT2D eigenvalue weighted by molar-refractivity contribution is 0.0726. The lowest BCUT2D eigenvalue weighted by Gasteiger charge is -2.26. The fraction of sp³-hybridized carbons (Fsp3) is 0.381. The Balaban J connectivity index is 1.66. The number of ether oxygens (including phenoxy) is 2.